The van der Waals surface area contributed by atoms with E-state index in [0.29, 0.717) is 16.5 Å². The van der Waals surface area contributed by atoms with Crippen LogP contribution < -0.4 is 0 Å². The van der Waals surface area contributed by atoms with Crippen molar-refractivity contribution < 1.29 is 9.59 Å². The number of amides is 2. The average molecular weight is 241 g/mol. The molecule has 0 radical (unpaired) electrons. The van der Waals surface area contributed by atoms with Gasteiger partial charge in [-0.05, 0) is 43.2 Å². The number of carbonyl (C=O) groups is 2. The van der Waals surface area contributed by atoms with Gasteiger partial charge in [-0.2, -0.15) is 0 Å². The van der Waals surface area contributed by atoms with E-state index in [9.17, 15) is 9.59 Å². The minimum Gasteiger partial charge on any atom is -0.271 e. The van der Waals surface area contributed by atoms with E-state index in [1.165, 1.54) is 24.2 Å². The largest absolute Gasteiger partial charge is 0.271 e. The number of nitrogens with zero attached hydrogens (tertiary/aromatic N) is 1. The molecule has 0 atom stereocenters. The average Bonchev–Trinajstić information content (AvgIpc) is 2.51. The molecule has 1 spiro atoms. The Morgan fingerprint density at radius 1 is 1.00 bits per heavy atom. The van der Waals surface area contributed by atoms with Crippen LogP contribution in [-0.2, 0) is 0 Å². The summed E-state index contributed by atoms with van der Waals surface area (Å²) < 4.78 is 0. The lowest BCUT2D eigenvalue weighted by atomic mass is 9.54. The van der Waals surface area contributed by atoms with Gasteiger partial charge >= 0.3 is 0 Å². The predicted molar refractivity (Wildman–Crippen MR) is 66.2 cm³/mol. The fourth-order valence-corrected chi connectivity index (χ4v) is 3.75. The Balaban J connectivity index is 1.61. The second-order valence-corrected chi connectivity index (χ2v) is 5.94. The Hall–Kier alpha value is -1.64. The van der Waals surface area contributed by atoms with Crippen molar-refractivity contribution in [3.8, 4) is 0 Å². The first-order valence-corrected chi connectivity index (χ1v) is 6.67. The van der Waals surface area contributed by atoms with Gasteiger partial charge in [0.05, 0.1) is 11.1 Å². The van der Waals surface area contributed by atoms with Gasteiger partial charge in [0.25, 0.3) is 11.8 Å². The van der Waals surface area contributed by atoms with Crippen molar-refractivity contribution in [3.63, 3.8) is 0 Å². The molecule has 0 bridgehead atoms. The zero-order valence-electron chi connectivity index (χ0n) is 10.2. The molecule has 4 rings (SSSR count). The number of hydrogen-bond acceptors (Lipinski definition) is 2. The second-order valence-electron chi connectivity index (χ2n) is 5.94. The highest BCUT2D eigenvalue weighted by Gasteiger charge is 2.53. The van der Waals surface area contributed by atoms with E-state index < -0.39 is 0 Å². The van der Waals surface area contributed by atoms with Crippen molar-refractivity contribution in [3.05, 3.63) is 35.4 Å². The van der Waals surface area contributed by atoms with Gasteiger partial charge in [0, 0.05) is 6.04 Å². The van der Waals surface area contributed by atoms with Crippen LogP contribution >= 0.6 is 0 Å². The topological polar surface area (TPSA) is 37.4 Å². The summed E-state index contributed by atoms with van der Waals surface area (Å²) in [5, 5.41) is 0. The molecule has 0 aromatic heterocycles. The highest BCUT2D eigenvalue weighted by Crippen LogP contribution is 2.57. The molecule has 0 saturated heterocycles. The lowest BCUT2D eigenvalue weighted by Gasteiger charge is -2.55. The van der Waals surface area contributed by atoms with Gasteiger partial charge in [-0.25, -0.2) is 0 Å². The first kappa shape index (κ1) is 10.3. The number of carbonyl (C=O) groups excluding carboxylic acids is 2. The molecule has 1 aromatic carbocycles. The minimum atomic E-state index is -0.0882. The molecule has 2 amide bonds. The number of fused-ring (bicyclic) bond motifs is 1. The Labute approximate surface area is 106 Å². The van der Waals surface area contributed by atoms with Crippen LogP contribution in [0.25, 0.3) is 0 Å². The van der Waals surface area contributed by atoms with Crippen LogP contribution in [0.3, 0.4) is 0 Å². The molecular weight excluding hydrogens is 226 g/mol. The number of hydrogen-bond donors (Lipinski definition) is 0. The van der Waals surface area contributed by atoms with Crippen molar-refractivity contribution in [2.45, 2.75) is 38.1 Å². The van der Waals surface area contributed by atoms with Crippen molar-refractivity contribution in [1.82, 2.24) is 4.90 Å². The van der Waals surface area contributed by atoms with E-state index >= 15 is 0 Å². The third-order valence-electron chi connectivity index (χ3n) is 4.94. The van der Waals surface area contributed by atoms with Crippen LogP contribution in [0.5, 0.6) is 0 Å². The molecule has 0 unspecified atom stereocenters. The molecule has 3 aliphatic rings. The SMILES string of the molecule is O=C1c2ccccc2C(=O)N1C1CC2(CCC2)C1. The molecule has 92 valence electrons. The summed E-state index contributed by atoms with van der Waals surface area (Å²) in [6, 6.07) is 7.31. The monoisotopic (exact) mass is 241 g/mol. The molecule has 1 heterocycles. The minimum absolute atomic E-state index is 0.0882. The van der Waals surface area contributed by atoms with Crippen molar-refractivity contribution in [2.75, 3.05) is 0 Å². The van der Waals surface area contributed by atoms with Crippen LogP contribution in [-0.4, -0.2) is 22.8 Å². The summed E-state index contributed by atoms with van der Waals surface area (Å²) in [4.78, 5) is 26.0. The zero-order chi connectivity index (χ0) is 12.3. The first-order chi connectivity index (χ1) is 8.70. The maximum Gasteiger partial charge on any atom is 0.261 e. The van der Waals surface area contributed by atoms with Crippen molar-refractivity contribution in [1.29, 1.82) is 0 Å². The Morgan fingerprint density at radius 3 is 2.00 bits per heavy atom. The van der Waals surface area contributed by atoms with Gasteiger partial charge in [0.1, 0.15) is 0 Å². The Kier molecular flexibility index (Phi) is 1.84. The molecule has 3 nitrogen and oxygen atoms in total. The molecule has 0 N–H and O–H groups in total. The van der Waals surface area contributed by atoms with Gasteiger partial charge in [-0.1, -0.05) is 18.6 Å². The van der Waals surface area contributed by atoms with Crippen LogP contribution in [0.15, 0.2) is 24.3 Å². The second kappa shape index (κ2) is 3.22. The van der Waals surface area contributed by atoms with E-state index in [4.69, 9.17) is 0 Å². The normalized spacial score (nSPS) is 25.0. The third-order valence-corrected chi connectivity index (χ3v) is 4.94. The molecule has 1 aliphatic heterocycles. The lowest BCUT2D eigenvalue weighted by Crippen LogP contribution is -2.55. The summed E-state index contributed by atoms with van der Waals surface area (Å²) in [6.07, 6.45) is 5.94. The fraction of sp³-hybridized carbons (Fsp3) is 0.467. The smallest absolute Gasteiger partial charge is 0.261 e. The van der Waals surface area contributed by atoms with Crippen LogP contribution in [0, 0.1) is 5.41 Å². The summed E-state index contributed by atoms with van der Waals surface area (Å²) >= 11 is 0. The highest BCUT2D eigenvalue weighted by atomic mass is 16.2. The van der Waals surface area contributed by atoms with Crippen LogP contribution in [0.1, 0.15) is 52.8 Å². The molecule has 3 heteroatoms. The van der Waals surface area contributed by atoms with E-state index in [1.54, 1.807) is 12.1 Å². The quantitative estimate of drug-likeness (QED) is 0.709. The molecule has 2 aliphatic carbocycles. The van der Waals surface area contributed by atoms with E-state index in [0.717, 1.165) is 12.8 Å². The van der Waals surface area contributed by atoms with E-state index in [1.807, 2.05) is 12.1 Å². The Morgan fingerprint density at radius 2 is 1.56 bits per heavy atom. The van der Waals surface area contributed by atoms with Crippen molar-refractivity contribution >= 4 is 11.8 Å². The molecule has 2 fully saturated rings. The van der Waals surface area contributed by atoms with Gasteiger partial charge in [-0.15, -0.1) is 0 Å². The summed E-state index contributed by atoms with van der Waals surface area (Å²) in [5.41, 5.74) is 1.65. The summed E-state index contributed by atoms with van der Waals surface area (Å²) in [5.74, 6) is -0.176. The van der Waals surface area contributed by atoms with Gasteiger partial charge in [0.2, 0.25) is 0 Å². The maximum absolute atomic E-state index is 12.3. The van der Waals surface area contributed by atoms with Crippen molar-refractivity contribution in [2.24, 2.45) is 5.41 Å². The van der Waals surface area contributed by atoms with Gasteiger partial charge < -0.3 is 0 Å². The summed E-state index contributed by atoms with van der Waals surface area (Å²) in [7, 11) is 0. The molecular formula is C15H15NO2. The van der Waals surface area contributed by atoms with Crippen LogP contribution in [0.2, 0.25) is 0 Å². The summed E-state index contributed by atoms with van der Waals surface area (Å²) in [6.45, 7) is 0. The highest BCUT2D eigenvalue weighted by molar-refractivity contribution is 6.21. The zero-order valence-corrected chi connectivity index (χ0v) is 10.2. The lowest BCUT2D eigenvalue weighted by molar-refractivity contribution is -0.0365. The standard InChI is InChI=1S/C15H15NO2/c17-13-11-4-1-2-5-12(11)14(18)16(13)10-8-15(9-10)6-3-7-15/h1-2,4-5,10H,3,6-9H2. The van der Waals surface area contributed by atoms with E-state index in [-0.39, 0.29) is 17.9 Å². The first-order valence-electron chi connectivity index (χ1n) is 6.67. The molecule has 1 aromatic rings. The third kappa shape index (κ3) is 1.14. The van der Waals surface area contributed by atoms with Gasteiger partial charge in [0.15, 0.2) is 0 Å². The number of benzene rings is 1. The van der Waals surface area contributed by atoms with E-state index in [2.05, 4.69) is 0 Å². The number of imide groups is 1. The maximum atomic E-state index is 12.3. The predicted octanol–water partition coefficient (Wildman–Crippen LogP) is 2.62. The Bertz CT molecular complexity index is 516. The van der Waals surface area contributed by atoms with Gasteiger partial charge in [-0.3, -0.25) is 14.5 Å². The fourth-order valence-electron chi connectivity index (χ4n) is 3.75. The number of rotatable bonds is 1. The van der Waals surface area contributed by atoms with Crippen LogP contribution in [0.4, 0.5) is 0 Å². The molecule has 18 heavy (non-hydrogen) atoms. The molecule has 2 saturated carbocycles.